The Morgan fingerprint density at radius 1 is 1.03 bits per heavy atom. The molecule has 0 aliphatic carbocycles. The lowest BCUT2D eigenvalue weighted by Crippen LogP contribution is -2.43. The number of nitrogens with one attached hydrogen (secondary N) is 1. The van der Waals surface area contributed by atoms with Gasteiger partial charge in [0.15, 0.2) is 0 Å². The molecule has 1 saturated heterocycles. The number of fused-ring (bicyclic) bond motifs is 1. The van der Waals surface area contributed by atoms with Gasteiger partial charge in [-0.05, 0) is 47.4 Å². The lowest BCUT2D eigenvalue weighted by atomic mass is 9.96. The molecule has 4 nitrogen and oxygen atoms in total. The summed E-state index contributed by atoms with van der Waals surface area (Å²) in [5.74, 6) is 0.0267. The summed E-state index contributed by atoms with van der Waals surface area (Å²) in [6.07, 6.45) is 1.23. The molecule has 1 aliphatic heterocycles. The molecule has 2 atom stereocenters. The molecule has 29 heavy (non-hydrogen) atoms. The van der Waals surface area contributed by atoms with Gasteiger partial charge < -0.3 is 10.4 Å². The van der Waals surface area contributed by atoms with Crippen molar-refractivity contribution in [3.63, 3.8) is 0 Å². The first kappa shape index (κ1) is 19.6. The van der Waals surface area contributed by atoms with Gasteiger partial charge in [0.05, 0.1) is 12.0 Å². The van der Waals surface area contributed by atoms with E-state index in [-0.39, 0.29) is 18.4 Å². The van der Waals surface area contributed by atoms with E-state index >= 15 is 0 Å². The highest BCUT2D eigenvalue weighted by Crippen LogP contribution is 2.21. The molecule has 3 aromatic carbocycles. The highest BCUT2D eigenvalue weighted by Gasteiger charge is 2.26. The number of rotatable bonds is 6. The molecule has 150 valence electrons. The number of carbonyl (C=O) groups excluding carboxylic acids is 1. The Bertz CT molecular complexity index is 957. The molecule has 4 rings (SSSR count). The summed E-state index contributed by atoms with van der Waals surface area (Å²) in [6, 6.07) is 24.4. The van der Waals surface area contributed by atoms with E-state index in [1.807, 2.05) is 42.5 Å². The Labute approximate surface area is 172 Å². The molecule has 0 aromatic heterocycles. The molecule has 1 heterocycles. The highest BCUT2D eigenvalue weighted by molar-refractivity contribution is 5.83. The summed E-state index contributed by atoms with van der Waals surface area (Å²) in [7, 11) is 0. The van der Waals surface area contributed by atoms with E-state index < -0.39 is 6.10 Å². The standard InChI is InChI=1S/C25H28N2O2/c28-24(22-13-12-20-9-4-5-10-21(20)15-22)16-26-25(29)23-11-6-14-27(18-23)17-19-7-2-1-3-8-19/h1-5,7-10,12-13,15,23-24,28H,6,11,14,16-18H2,(H,26,29). The molecule has 2 unspecified atom stereocenters. The predicted molar refractivity (Wildman–Crippen MR) is 116 cm³/mol. The second-order valence-electron chi connectivity index (χ2n) is 7.93. The molecule has 1 fully saturated rings. The average molecular weight is 389 g/mol. The van der Waals surface area contributed by atoms with Crippen molar-refractivity contribution in [1.82, 2.24) is 10.2 Å². The second kappa shape index (κ2) is 9.21. The number of likely N-dealkylation sites (tertiary alicyclic amines) is 1. The normalized spacial score (nSPS) is 18.4. The number of amides is 1. The van der Waals surface area contributed by atoms with Crippen LogP contribution in [0.5, 0.6) is 0 Å². The van der Waals surface area contributed by atoms with Gasteiger partial charge in [0, 0.05) is 19.6 Å². The Hall–Kier alpha value is -2.69. The fourth-order valence-corrected chi connectivity index (χ4v) is 4.13. The smallest absolute Gasteiger partial charge is 0.224 e. The van der Waals surface area contributed by atoms with Gasteiger partial charge in [-0.15, -0.1) is 0 Å². The number of hydrogen-bond acceptors (Lipinski definition) is 3. The number of nitrogens with zero attached hydrogens (tertiary/aromatic N) is 1. The number of benzene rings is 3. The van der Waals surface area contributed by atoms with Crippen LogP contribution in [0.3, 0.4) is 0 Å². The molecule has 0 saturated carbocycles. The summed E-state index contributed by atoms with van der Waals surface area (Å²) in [4.78, 5) is 15.0. The highest BCUT2D eigenvalue weighted by atomic mass is 16.3. The van der Waals surface area contributed by atoms with Gasteiger partial charge in [0.2, 0.25) is 5.91 Å². The monoisotopic (exact) mass is 388 g/mol. The quantitative estimate of drug-likeness (QED) is 0.673. The fourth-order valence-electron chi connectivity index (χ4n) is 4.13. The lowest BCUT2D eigenvalue weighted by Gasteiger charge is -2.32. The van der Waals surface area contributed by atoms with Gasteiger partial charge in [-0.3, -0.25) is 9.69 Å². The van der Waals surface area contributed by atoms with Crippen LogP contribution in [0, 0.1) is 5.92 Å². The van der Waals surface area contributed by atoms with E-state index in [4.69, 9.17) is 0 Å². The van der Waals surface area contributed by atoms with Gasteiger partial charge in [0.25, 0.3) is 0 Å². The van der Waals surface area contributed by atoms with E-state index in [9.17, 15) is 9.90 Å². The lowest BCUT2D eigenvalue weighted by molar-refractivity contribution is -0.127. The number of carbonyl (C=O) groups is 1. The van der Waals surface area contributed by atoms with Crippen molar-refractivity contribution < 1.29 is 9.90 Å². The summed E-state index contributed by atoms with van der Waals surface area (Å²) in [5, 5.41) is 15.8. The van der Waals surface area contributed by atoms with Crippen LogP contribution in [0.25, 0.3) is 10.8 Å². The fraction of sp³-hybridized carbons (Fsp3) is 0.320. The number of piperidine rings is 1. The maximum atomic E-state index is 12.7. The van der Waals surface area contributed by atoms with Gasteiger partial charge in [0.1, 0.15) is 0 Å². The first-order chi connectivity index (χ1) is 14.2. The van der Waals surface area contributed by atoms with E-state index in [1.165, 1.54) is 5.56 Å². The minimum absolute atomic E-state index is 0.0173. The van der Waals surface area contributed by atoms with Crippen molar-refractivity contribution >= 4 is 16.7 Å². The third-order valence-electron chi connectivity index (χ3n) is 5.75. The Morgan fingerprint density at radius 3 is 2.62 bits per heavy atom. The zero-order valence-electron chi connectivity index (χ0n) is 16.6. The Kier molecular flexibility index (Phi) is 6.23. The zero-order valence-corrected chi connectivity index (χ0v) is 16.6. The zero-order chi connectivity index (χ0) is 20.1. The van der Waals surface area contributed by atoms with Crippen LogP contribution in [0.15, 0.2) is 72.8 Å². The number of aliphatic hydroxyl groups is 1. The average Bonchev–Trinajstić information content (AvgIpc) is 2.77. The second-order valence-corrected chi connectivity index (χ2v) is 7.93. The maximum Gasteiger partial charge on any atom is 0.224 e. The van der Waals surface area contributed by atoms with Crippen LogP contribution in [0.4, 0.5) is 0 Å². The van der Waals surface area contributed by atoms with E-state index in [1.54, 1.807) is 0 Å². The van der Waals surface area contributed by atoms with E-state index in [0.717, 1.165) is 48.8 Å². The van der Waals surface area contributed by atoms with Crippen LogP contribution in [-0.4, -0.2) is 35.5 Å². The van der Waals surface area contributed by atoms with Gasteiger partial charge in [-0.25, -0.2) is 0 Å². The molecule has 0 bridgehead atoms. The van der Waals surface area contributed by atoms with Gasteiger partial charge >= 0.3 is 0 Å². The molecule has 2 N–H and O–H groups in total. The van der Waals surface area contributed by atoms with Crippen molar-refractivity contribution in [2.75, 3.05) is 19.6 Å². The minimum atomic E-state index is -0.701. The van der Waals surface area contributed by atoms with Crippen LogP contribution >= 0.6 is 0 Å². The summed E-state index contributed by atoms with van der Waals surface area (Å²) < 4.78 is 0. The molecular formula is C25H28N2O2. The predicted octanol–water partition coefficient (Wildman–Crippen LogP) is 3.90. The van der Waals surface area contributed by atoms with E-state index in [2.05, 4.69) is 40.5 Å². The minimum Gasteiger partial charge on any atom is -0.387 e. The van der Waals surface area contributed by atoms with Crippen LogP contribution in [0.1, 0.15) is 30.1 Å². The Morgan fingerprint density at radius 2 is 1.79 bits per heavy atom. The van der Waals surface area contributed by atoms with Crippen molar-refractivity contribution in [1.29, 1.82) is 0 Å². The SMILES string of the molecule is O=C(NCC(O)c1ccc2ccccc2c1)C1CCCN(Cc2ccccc2)C1. The summed E-state index contributed by atoms with van der Waals surface area (Å²) >= 11 is 0. The van der Waals surface area contributed by atoms with Crippen molar-refractivity contribution in [3.05, 3.63) is 83.9 Å². The van der Waals surface area contributed by atoms with Crippen LogP contribution < -0.4 is 5.32 Å². The van der Waals surface area contributed by atoms with Crippen molar-refractivity contribution in [2.24, 2.45) is 5.92 Å². The summed E-state index contributed by atoms with van der Waals surface area (Å²) in [5.41, 5.74) is 2.11. The molecule has 0 spiro atoms. The van der Waals surface area contributed by atoms with Crippen molar-refractivity contribution in [3.8, 4) is 0 Å². The first-order valence-electron chi connectivity index (χ1n) is 10.4. The number of aliphatic hydroxyl groups excluding tert-OH is 1. The molecular weight excluding hydrogens is 360 g/mol. The molecule has 0 radical (unpaired) electrons. The number of hydrogen-bond donors (Lipinski definition) is 2. The Balaban J connectivity index is 1.31. The molecule has 4 heteroatoms. The topological polar surface area (TPSA) is 52.6 Å². The molecule has 1 aliphatic rings. The van der Waals surface area contributed by atoms with Crippen LogP contribution in [0.2, 0.25) is 0 Å². The first-order valence-corrected chi connectivity index (χ1v) is 10.4. The maximum absolute atomic E-state index is 12.7. The third-order valence-corrected chi connectivity index (χ3v) is 5.75. The largest absolute Gasteiger partial charge is 0.387 e. The third kappa shape index (κ3) is 5.03. The molecule has 1 amide bonds. The molecule has 3 aromatic rings. The van der Waals surface area contributed by atoms with Gasteiger partial charge in [-0.1, -0.05) is 66.7 Å². The van der Waals surface area contributed by atoms with Gasteiger partial charge in [-0.2, -0.15) is 0 Å². The van der Waals surface area contributed by atoms with Crippen LogP contribution in [-0.2, 0) is 11.3 Å². The van der Waals surface area contributed by atoms with Crippen molar-refractivity contribution in [2.45, 2.75) is 25.5 Å². The van der Waals surface area contributed by atoms with E-state index in [0.29, 0.717) is 0 Å². The summed E-state index contributed by atoms with van der Waals surface area (Å²) in [6.45, 7) is 2.92.